The molecule has 0 amide bonds. The number of nitrogens with zero attached hydrogens (tertiary/aromatic N) is 7. The number of aromatic nitrogens is 3. The van der Waals surface area contributed by atoms with Gasteiger partial charge in [-0.2, -0.15) is 9.97 Å². The number of para-hydroxylation sites is 3. The maximum absolute atomic E-state index is 5.29. The summed E-state index contributed by atoms with van der Waals surface area (Å²) < 4.78 is 0. The van der Waals surface area contributed by atoms with Crippen LogP contribution in [0.4, 0.5) is 68.5 Å². The Balaban J connectivity index is 1.21. The quantitative estimate of drug-likeness (QED) is 0.166. The van der Waals surface area contributed by atoms with Gasteiger partial charge < -0.3 is 14.7 Å². The van der Waals surface area contributed by atoms with E-state index < -0.39 is 0 Å². The first kappa shape index (κ1) is 38.1. The second-order valence-corrected chi connectivity index (χ2v) is 15.4. The highest BCUT2D eigenvalue weighted by molar-refractivity contribution is 5.89. The number of fused-ring (bicyclic) bond motifs is 8. The molecule has 0 saturated heterocycles. The molecule has 0 N–H and O–H groups in total. The smallest absolute Gasteiger partial charge is 0.238 e. The number of hydrogen-bond acceptors (Lipinski definition) is 7. The molecule has 0 radical (unpaired) electrons. The van der Waals surface area contributed by atoms with Gasteiger partial charge in [0.05, 0.1) is 11.4 Å². The van der Waals surface area contributed by atoms with E-state index in [2.05, 4.69) is 208 Å². The van der Waals surface area contributed by atoms with Crippen molar-refractivity contribution in [2.24, 2.45) is 0 Å². The van der Waals surface area contributed by atoms with Crippen molar-refractivity contribution in [3.8, 4) is 22.8 Å². The molecule has 2 heterocycles. The van der Waals surface area contributed by atoms with Crippen LogP contribution in [0.15, 0.2) is 249 Å². The molecule has 0 spiro atoms. The Kier molecular flexibility index (Phi) is 10.1. The van der Waals surface area contributed by atoms with E-state index >= 15 is 0 Å². The summed E-state index contributed by atoms with van der Waals surface area (Å²) in [6, 6.07) is 86.6. The van der Waals surface area contributed by atoms with Crippen molar-refractivity contribution >= 4 is 68.5 Å². The van der Waals surface area contributed by atoms with Crippen LogP contribution in [0.3, 0.4) is 0 Å². The lowest BCUT2D eigenvalue weighted by Gasteiger charge is -2.32. The highest BCUT2D eigenvalue weighted by Gasteiger charge is 2.25. The van der Waals surface area contributed by atoms with Gasteiger partial charge in [-0.3, -0.25) is 4.90 Å². The summed E-state index contributed by atoms with van der Waals surface area (Å²) in [7, 11) is 0. The standard InChI is InChI=1S/C57H41N7/c1-6-20-42(21-7-1)55-58-56(43-22-8-2-9-23-43)60-57(59-55)64-53-36-18-34-51(40-53)62(45-26-12-4-13-27-45)49-32-16-30-47(38-49)61(44-24-10-3-11-25-44)48-31-17-33-50(39-48)63(46-28-14-5-15-29-46)52-35-19-37-54(64)41-52/h1-41H. The van der Waals surface area contributed by atoms with E-state index in [1.807, 2.05) is 60.7 Å². The third kappa shape index (κ3) is 7.48. The van der Waals surface area contributed by atoms with Gasteiger partial charge in [0.2, 0.25) is 5.95 Å². The largest absolute Gasteiger partial charge is 0.310 e. The van der Waals surface area contributed by atoms with Crippen LogP contribution < -0.4 is 19.6 Å². The van der Waals surface area contributed by atoms with Crippen molar-refractivity contribution in [2.75, 3.05) is 19.6 Å². The van der Waals surface area contributed by atoms with E-state index in [1.165, 1.54) is 0 Å². The van der Waals surface area contributed by atoms with Crippen LogP contribution >= 0.6 is 0 Å². The lowest BCUT2D eigenvalue weighted by Crippen LogP contribution is -2.18. The molecule has 9 aromatic carbocycles. The van der Waals surface area contributed by atoms with E-state index in [0.29, 0.717) is 17.6 Å². The summed E-state index contributed by atoms with van der Waals surface area (Å²) >= 11 is 0. The van der Waals surface area contributed by atoms with Crippen LogP contribution in [-0.2, 0) is 0 Å². The topological polar surface area (TPSA) is 51.6 Å². The molecule has 0 saturated carbocycles. The maximum Gasteiger partial charge on any atom is 0.238 e. The average Bonchev–Trinajstić information content (AvgIpc) is 3.36. The lowest BCUT2D eigenvalue weighted by atomic mass is 10.1. The van der Waals surface area contributed by atoms with E-state index in [1.54, 1.807) is 0 Å². The molecule has 0 aliphatic carbocycles. The molecule has 11 rings (SSSR count). The first-order chi connectivity index (χ1) is 31.7. The van der Waals surface area contributed by atoms with Crippen LogP contribution in [0.5, 0.6) is 0 Å². The molecule has 304 valence electrons. The minimum Gasteiger partial charge on any atom is -0.310 e. The molecule has 10 aromatic rings. The summed E-state index contributed by atoms with van der Waals surface area (Å²) in [5, 5.41) is 0. The molecule has 1 aromatic heterocycles. The minimum absolute atomic E-state index is 0.489. The molecule has 7 heteroatoms. The monoisotopic (exact) mass is 823 g/mol. The third-order valence-corrected chi connectivity index (χ3v) is 11.3. The second-order valence-electron chi connectivity index (χ2n) is 15.4. The van der Waals surface area contributed by atoms with Gasteiger partial charge in [0.15, 0.2) is 11.6 Å². The first-order valence-electron chi connectivity index (χ1n) is 21.4. The molecule has 0 fully saturated rings. The summed E-state index contributed by atoms with van der Waals surface area (Å²) in [6.07, 6.45) is 0. The number of benzene rings is 9. The van der Waals surface area contributed by atoms with Gasteiger partial charge in [-0.05, 0) is 109 Å². The zero-order chi connectivity index (χ0) is 42.7. The molecule has 64 heavy (non-hydrogen) atoms. The van der Waals surface area contributed by atoms with Crippen molar-refractivity contribution < 1.29 is 0 Å². The van der Waals surface area contributed by atoms with Gasteiger partial charge in [0.1, 0.15) is 0 Å². The molecule has 0 unspecified atom stereocenters. The van der Waals surface area contributed by atoms with Crippen molar-refractivity contribution in [3.05, 3.63) is 249 Å². The van der Waals surface area contributed by atoms with Crippen molar-refractivity contribution in [3.63, 3.8) is 0 Å². The maximum atomic E-state index is 5.29. The van der Waals surface area contributed by atoms with Crippen LogP contribution in [0.1, 0.15) is 0 Å². The zero-order valence-electron chi connectivity index (χ0n) is 34.8. The molecule has 8 bridgehead atoms. The fraction of sp³-hybridized carbons (Fsp3) is 0. The van der Waals surface area contributed by atoms with Crippen LogP contribution in [0.2, 0.25) is 0 Å². The van der Waals surface area contributed by atoms with Gasteiger partial charge in [-0.25, -0.2) is 4.98 Å². The number of rotatable bonds is 6. The Morgan fingerprint density at radius 3 is 0.719 bits per heavy atom. The van der Waals surface area contributed by atoms with Crippen LogP contribution in [0.25, 0.3) is 22.8 Å². The Labute approximate surface area is 373 Å². The van der Waals surface area contributed by atoms with Gasteiger partial charge >= 0.3 is 0 Å². The Morgan fingerprint density at radius 2 is 0.438 bits per heavy atom. The molecule has 1 aliphatic rings. The molecule has 7 nitrogen and oxygen atoms in total. The molecule has 0 atom stereocenters. The normalized spacial score (nSPS) is 12.2. The Hall–Kier alpha value is -8.81. The summed E-state index contributed by atoms with van der Waals surface area (Å²) in [4.78, 5) is 24.7. The molecular formula is C57H41N7. The molecule has 1 aliphatic heterocycles. The van der Waals surface area contributed by atoms with E-state index in [4.69, 9.17) is 15.0 Å². The van der Waals surface area contributed by atoms with Gasteiger partial charge in [0, 0.05) is 62.3 Å². The highest BCUT2D eigenvalue weighted by atomic mass is 15.3. The van der Waals surface area contributed by atoms with Crippen molar-refractivity contribution in [1.29, 1.82) is 0 Å². The summed E-state index contributed by atoms with van der Waals surface area (Å²) in [5.74, 6) is 1.65. The predicted molar refractivity (Wildman–Crippen MR) is 263 cm³/mol. The van der Waals surface area contributed by atoms with Crippen molar-refractivity contribution in [1.82, 2.24) is 15.0 Å². The molecular weight excluding hydrogens is 783 g/mol. The first-order valence-corrected chi connectivity index (χ1v) is 21.4. The fourth-order valence-corrected chi connectivity index (χ4v) is 8.44. The fourth-order valence-electron chi connectivity index (χ4n) is 8.44. The van der Waals surface area contributed by atoms with E-state index in [-0.39, 0.29) is 0 Å². The Morgan fingerprint density at radius 1 is 0.203 bits per heavy atom. The van der Waals surface area contributed by atoms with Gasteiger partial charge in [0.25, 0.3) is 0 Å². The second kappa shape index (κ2) is 16.9. The summed E-state index contributed by atoms with van der Waals surface area (Å²) in [6.45, 7) is 0. The number of anilines is 12. The third-order valence-electron chi connectivity index (χ3n) is 11.3. The lowest BCUT2D eigenvalue weighted by molar-refractivity contribution is 1.02. The SMILES string of the molecule is c1ccc(-c2nc(-c3ccccc3)nc(N3c4cccc(c4)N(c4ccccc4)c4cccc(c4)N(c4ccccc4)c4cccc(c4)N(c4ccccc4)c4cccc3c4)n2)cc1. The van der Waals surface area contributed by atoms with Gasteiger partial charge in [-0.15, -0.1) is 0 Å². The van der Waals surface area contributed by atoms with Crippen molar-refractivity contribution in [2.45, 2.75) is 0 Å². The predicted octanol–water partition coefficient (Wildman–Crippen LogP) is 15.4. The van der Waals surface area contributed by atoms with Crippen LogP contribution in [0, 0.1) is 0 Å². The van der Waals surface area contributed by atoms with E-state index in [0.717, 1.165) is 73.7 Å². The van der Waals surface area contributed by atoms with Crippen LogP contribution in [-0.4, -0.2) is 15.0 Å². The highest BCUT2D eigenvalue weighted by Crippen LogP contribution is 2.46. The van der Waals surface area contributed by atoms with Gasteiger partial charge in [-0.1, -0.05) is 140 Å². The summed E-state index contributed by atoms with van der Waals surface area (Å²) in [5.41, 5.74) is 12.6. The number of hydrogen-bond donors (Lipinski definition) is 0. The van der Waals surface area contributed by atoms with E-state index in [9.17, 15) is 0 Å². The average molecular weight is 824 g/mol. The zero-order valence-corrected chi connectivity index (χ0v) is 34.8. The minimum atomic E-state index is 0.489. The Bertz CT molecular complexity index is 2990.